The zero-order chi connectivity index (χ0) is 18.4. The monoisotopic (exact) mass is 395 g/mol. The normalized spacial score (nSPS) is 12.6. The van der Waals surface area contributed by atoms with E-state index in [1.807, 2.05) is 0 Å². The number of rotatable bonds is 4. The number of nitrogens with one attached hydrogen (secondary N) is 2. The first-order chi connectivity index (χ1) is 10.8. The molecule has 0 aliphatic rings. The average molecular weight is 396 g/mol. The Morgan fingerprint density at radius 1 is 1.21 bits per heavy atom. The number of aromatic nitrogens is 2. The lowest BCUT2D eigenvalue weighted by Gasteiger charge is -2.30. The van der Waals surface area contributed by atoms with E-state index in [9.17, 15) is 23.1 Å². The van der Waals surface area contributed by atoms with E-state index in [-0.39, 0.29) is 33.3 Å². The summed E-state index contributed by atoms with van der Waals surface area (Å²) in [5.74, 6) is 0. The minimum Gasteiger partial charge on any atom is -0.389 e. The standard InChI is InChI=1S/C13H15Cl2N3O5S/c1-13(2,21)5-18(24(3,22)23)10-8(15)6(14)4-7-9(10)17-12(20)11(19)16-7/h4,21H,5H2,1-3H3,(H,16,19)(H,17,20). The largest absolute Gasteiger partial charge is 0.389 e. The van der Waals surface area contributed by atoms with Crippen LogP contribution in [0.5, 0.6) is 0 Å². The Morgan fingerprint density at radius 3 is 2.25 bits per heavy atom. The molecular weight excluding hydrogens is 381 g/mol. The van der Waals surface area contributed by atoms with Crippen molar-refractivity contribution in [2.75, 3.05) is 17.1 Å². The fourth-order valence-corrected chi connectivity index (χ4v) is 3.70. The Labute approximate surface area is 147 Å². The molecule has 0 amide bonds. The lowest BCUT2D eigenvalue weighted by atomic mass is 10.1. The van der Waals surface area contributed by atoms with Crippen LogP contribution in [0.3, 0.4) is 0 Å². The van der Waals surface area contributed by atoms with Crippen LogP contribution in [0.4, 0.5) is 5.69 Å². The molecule has 0 spiro atoms. The second kappa shape index (κ2) is 6.07. The van der Waals surface area contributed by atoms with Crippen LogP contribution in [0, 0.1) is 0 Å². The number of H-pyrrole nitrogens is 2. The molecule has 1 heterocycles. The Bertz CT molecular complexity index is 1020. The van der Waals surface area contributed by atoms with Gasteiger partial charge in [0, 0.05) is 0 Å². The number of benzene rings is 1. The summed E-state index contributed by atoms with van der Waals surface area (Å²) in [6, 6.07) is 1.30. The maximum atomic E-state index is 12.2. The Morgan fingerprint density at radius 2 is 1.75 bits per heavy atom. The van der Waals surface area contributed by atoms with Crippen LogP contribution < -0.4 is 15.4 Å². The van der Waals surface area contributed by atoms with E-state index in [1.165, 1.54) is 19.9 Å². The van der Waals surface area contributed by atoms with E-state index in [4.69, 9.17) is 23.2 Å². The van der Waals surface area contributed by atoms with Gasteiger partial charge >= 0.3 is 11.1 Å². The summed E-state index contributed by atoms with van der Waals surface area (Å²) in [6.45, 7) is 2.48. The first kappa shape index (κ1) is 18.8. The summed E-state index contributed by atoms with van der Waals surface area (Å²) >= 11 is 12.2. The van der Waals surface area contributed by atoms with Crippen LogP contribution in [-0.4, -0.2) is 41.9 Å². The number of aromatic amines is 2. The molecule has 0 bridgehead atoms. The number of sulfonamides is 1. The first-order valence-corrected chi connectivity index (χ1v) is 9.26. The highest BCUT2D eigenvalue weighted by atomic mass is 35.5. The highest BCUT2D eigenvalue weighted by Crippen LogP contribution is 2.39. The number of anilines is 1. The fourth-order valence-electron chi connectivity index (χ4n) is 2.13. The van der Waals surface area contributed by atoms with Crippen LogP contribution in [0.15, 0.2) is 15.7 Å². The smallest absolute Gasteiger partial charge is 0.314 e. The molecule has 3 N–H and O–H groups in total. The first-order valence-electron chi connectivity index (χ1n) is 6.65. The molecule has 0 saturated heterocycles. The minimum absolute atomic E-state index is 0.0105. The van der Waals surface area contributed by atoms with Gasteiger partial charge in [0.05, 0.1) is 45.2 Å². The maximum absolute atomic E-state index is 12.2. The van der Waals surface area contributed by atoms with Gasteiger partial charge in [0.2, 0.25) is 10.0 Å². The van der Waals surface area contributed by atoms with Crippen molar-refractivity contribution in [2.45, 2.75) is 19.4 Å². The van der Waals surface area contributed by atoms with E-state index >= 15 is 0 Å². The number of hydrogen-bond acceptors (Lipinski definition) is 5. The van der Waals surface area contributed by atoms with Gasteiger partial charge in [-0.15, -0.1) is 0 Å². The number of hydrogen-bond donors (Lipinski definition) is 3. The molecule has 0 unspecified atom stereocenters. The summed E-state index contributed by atoms with van der Waals surface area (Å²) in [7, 11) is -3.89. The summed E-state index contributed by atoms with van der Waals surface area (Å²) in [6.07, 6.45) is 0.922. The summed E-state index contributed by atoms with van der Waals surface area (Å²) in [5, 5.41) is 9.87. The third-order valence-corrected chi connectivity index (χ3v) is 4.96. The average Bonchev–Trinajstić information content (AvgIpc) is 2.39. The number of fused-ring (bicyclic) bond motifs is 1. The molecule has 0 saturated carbocycles. The number of halogens is 2. The number of nitrogens with zero attached hydrogens (tertiary/aromatic N) is 1. The Hall–Kier alpha value is -1.55. The molecule has 1 aromatic carbocycles. The minimum atomic E-state index is -3.89. The second-order valence-electron chi connectivity index (χ2n) is 5.93. The maximum Gasteiger partial charge on any atom is 0.314 e. The molecule has 2 rings (SSSR count). The van der Waals surface area contributed by atoms with Gasteiger partial charge in [-0.3, -0.25) is 13.9 Å². The zero-order valence-corrected chi connectivity index (χ0v) is 15.3. The quantitative estimate of drug-likeness (QED) is 0.667. The highest BCUT2D eigenvalue weighted by molar-refractivity contribution is 7.92. The van der Waals surface area contributed by atoms with Gasteiger partial charge in [0.25, 0.3) is 0 Å². The van der Waals surface area contributed by atoms with E-state index in [1.54, 1.807) is 0 Å². The molecule has 24 heavy (non-hydrogen) atoms. The topological polar surface area (TPSA) is 123 Å². The molecule has 132 valence electrons. The van der Waals surface area contributed by atoms with Crippen LogP contribution in [0.25, 0.3) is 11.0 Å². The molecular formula is C13H15Cl2N3O5S. The van der Waals surface area contributed by atoms with Crippen molar-refractivity contribution < 1.29 is 13.5 Å². The molecule has 11 heteroatoms. The van der Waals surface area contributed by atoms with Crippen molar-refractivity contribution in [3.8, 4) is 0 Å². The molecule has 0 atom stereocenters. The van der Waals surface area contributed by atoms with E-state index in [0.29, 0.717) is 0 Å². The van der Waals surface area contributed by atoms with Crippen molar-refractivity contribution in [1.29, 1.82) is 0 Å². The van der Waals surface area contributed by atoms with Gasteiger partial charge in [-0.25, -0.2) is 8.42 Å². The molecule has 2 aromatic rings. The molecule has 8 nitrogen and oxygen atoms in total. The number of aliphatic hydroxyl groups is 1. The van der Waals surface area contributed by atoms with E-state index in [2.05, 4.69) is 9.97 Å². The van der Waals surface area contributed by atoms with E-state index < -0.39 is 26.7 Å². The lowest BCUT2D eigenvalue weighted by Crippen LogP contribution is -2.42. The van der Waals surface area contributed by atoms with Gasteiger partial charge in [-0.2, -0.15) is 0 Å². The van der Waals surface area contributed by atoms with Gasteiger partial charge in [-0.05, 0) is 19.9 Å². The molecule has 0 aliphatic heterocycles. The van der Waals surface area contributed by atoms with E-state index in [0.717, 1.165) is 10.6 Å². The van der Waals surface area contributed by atoms with Crippen LogP contribution >= 0.6 is 23.2 Å². The third-order valence-electron chi connectivity index (χ3n) is 3.07. The van der Waals surface area contributed by atoms with Crippen LogP contribution in [0.1, 0.15) is 13.8 Å². The fraction of sp³-hybridized carbons (Fsp3) is 0.385. The van der Waals surface area contributed by atoms with Gasteiger partial charge in [0.1, 0.15) is 0 Å². The van der Waals surface area contributed by atoms with Crippen LogP contribution in [0.2, 0.25) is 10.0 Å². The van der Waals surface area contributed by atoms with Gasteiger partial charge in [0.15, 0.2) is 0 Å². The SMILES string of the molecule is CC(C)(O)CN(c1c(Cl)c(Cl)cc2[nH]c(=O)c(=O)[nH]c12)S(C)(=O)=O. The van der Waals surface area contributed by atoms with Crippen molar-refractivity contribution in [2.24, 2.45) is 0 Å². The molecule has 0 fully saturated rings. The van der Waals surface area contributed by atoms with Gasteiger partial charge < -0.3 is 15.1 Å². The highest BCUT2D eigenvalue weighted by Gasteiger charge is 2.30. The van der Waals surface area contributed by atoms with Gasteiger partial charge in [-0.1, -0.05) is 23.2 Å². The summed E-state index contributed by atoms with van der Waals surface area (Å²) in [5.41, 5.74) is -3.32. The van der Waals surface area contributed by atoms with Crippen molar-refractivity contribution in [3.05, 3.63) is 36.8 Å². The van der Waals surface area contributed by atoms with Crippen molar-refractivity contribution in [3.63, 3.8) is 0 Å². The molecule has 0 radical (unpaired) electrons. The lowest BCUT2D eigenvalue weighted by molar-refractivity contribution is 0.0910. The Kier molecular flexibility index (Phi) is 4.75. The molecule has 0 aliphatic carbocycles. The summed E-state index contributed by atoms with van der Waals surface area (Å²) < 4.78 is 25.3. The Balaban J connectivity index is 2.95. The van der Waals surface area contributed by atoms with Crippen molar-refractivity contribution in [1.82, 2.24) is 9.97 Å². The second-order valence-corrected chi connectivity index (χ2v) is 8.63. The predicted octanol–water partition coefficient (Wildman–Crippen LogP) is 1.06. The van der Waals surface area contributed by atoms with Crippen LogP contribution in [-0.2, 0) is 10.0 Å². The third kappa shape index (κ3) is 3.75. The zero-order valence-electron chi connectivity index (χ0n) is 13.0. The molecule has 1 aromatic heterocycles. The predicted molar refractivity (Wildman–Crippen MR) is 93.7 cm³/mol. The summed E-state index contributed by atoms with van der Waals surface area (Å²) in [4.78, 5) is 27.7. The van der Waals surface area contributed by atoms with Crippen molar-refractivity contribution >= 4 is 49.9 Å².